The molecule has 3 rings (SSSR count). The minimum atomic E-state index is -0.223. The summed E-state index contributed by atoms with van der Waals surface area (Å²) in [6.07, 6.45) is 4.42. The highest BCUT2D eigenvalue weighted by Crippen LogP contribution is 2.17. The average Bonchev–Trinajstić information content (AvgIpc) is 3.34. The number of hydrogen-bond donors (Lipinski definition) is 4. The number of benzene rings is 1. The van der Waals surface area contributed by atoms with E-state index < -0.39 is 0 Å². The van der Waals surface area contributed by atoms with E-state index in [0.717, 1.165) is 18.5 Å². The van der Waals surface area contributed by atoms with Crippen LogP contribution >= 0.6 is 0 Å². The first-order valence-corrected chi connectivity index (χ1v) is 8.59. The number of guanidine groups is 1. The van der Waals surface area contributed by atoms with E-state index in [0.29, 0.717) is 24.8 Å². The molecule has 0 bridgehead atoms. The van der Waals surface area contributed by atoms with E-state index in [-0.39, 0.29) is 5.91 Å². The number of hydrogen-bond acceptors (Lipinski definition) is 3. The van der Waals surface area contributed by atoms with Crippen LogP contribution in [0.1, 0.15) is 16.1 Å². The number of rotatable bonds is 7. The third-order valence-electron chi connectivity index (χ3n) is 4.03. The van der Waals surface area contributed by atoms with E-state index in [1.807, 2.05) is 18.3 Å². The fraction of sp³-hybridized carbons (Fsp3) is 0.263. The highest BCUT2D eigenvalue weighted by Gasteiger charge is 2.07. The van der Waals surface area contributed by atoms with E-state index in [1.54, 1.807) is 19.2 Å². The van der Waals surface area contributed by atoms with Crippen LogP contribution in [0, 0.1) is 0 Å². The molecular formula is C19H23N5O2. The number of carbonyl (C=O) groups excluding carboxylic acids is 1. The second kappa shape index (κ2) is 8.75. The lowest BCUT2D eigenvalue weighted by atomic mass is 10.1. The monoisotopic (exact) mass is 353 g/mol. The summed E-state index contributed by atoms with van der Waals surface area (Å²) in [6.45, 7) is 1.81. The number of aromatic amines is 1. The van der Waals surface area contributed by atoms with E-state index in [4.69, 9.17) is 4.42 Å². The Kier molecular flexibility index (Phi) is 5.92. The van der Waals surface area contributed by atoms with Crippen LogP contribution in [-0.4, -0.2) is 43.5 Å². The molecule has 0 radical (unpaired) electrons. The van der Waals surface area contributed by atoms with E-state index >= 15 is 0 Å². The smallest absolute Gasteiger partial charge is 0.287 e. The molecule has 0 unspecified atom stereocenters. The molecule has 0 saturated heterocycles. The number of carbonyl (C=O) groups is 1. The molecular weight excluding hydrogens is 330 g/mol. The lowest BCUT2D eigenvalue weighted by molar-refractivity contribution is 0.0926. The predicted octanol–water partition coefficient (Wildman–Crippen LogP) is 1.90. The summed E-state index contributed by atoms with van der Waals surface area (Å²) in [5.41, 5.74) is 2.42. The number of para-hydroxylation sites is 1. The summed E-state index contributed by atoms with van der Waals surface area (Å²) in [4.78, 5) is 19.2. The van der Waals surface area contributed by atoms with Gasteiger partial charge in [-0.1, -0.05) is 18.2 Å². The zero-order valence-corrected chi connectivity index (χ0v) is 14.7. The number of amides is 1. The third-order valence-corrected chi connectivity index (χ3v) is 4.03. The molecule has 1 aromatic carbocycles. The molecule has 26 heavy (non-hydrogen) atoms. The summed E-state index contributed by atoms with van der Waals surface area (Å²) >= 11 is 0. The van der Waals surface area contributed by atoms with Gasteiger partial charge in [0, 0.05) is 43.8 Å². The number of furan rings is 1. The number of nitrogens with zero attached hydrogens (tertiary/aromatic N) is 1. The fourth-order valence-corrected chi connectivity index (χ4v) is 2.73. The Balaban J connectivity index is 1.37. The average molecular weight is 353 g/mol. The van der Waals surface area contributed by atoms with Gasteiger partial charge in [0.1, 0.15) is 0 Å². The molecule has 0 saturated carbocycles. The zero-order chi connectivity index (χ0) is 18.2. The fourth-order valence-electron chi connectivity index (χ4n) is 2.73. The molecule has 0 aliphatic heterocycles. The molecule has 4 N–H and O–H groups in total. The topological polar surface area (TPSA) is 94.4 Å². The van der Waals surface area contributed by atoms with Crippen molar-refractivity contribution in [2.24, 2.45) is 4.99 Å². The molecule has 2 heterocycles. The van der Waals surface area contributed by atoms with Crippen molar-refractivity contribution in [1.29, 1.82) is 0 Å². The summed E-state index contributed by atoms with van der Waals surface area (Å²) in [7, 11) is 1.72. The Hall–Kier alpha value is -3.22. The number of aromatic nitrogens is 1. The normalized spacial score (nSPS) is 11.5. The third kappa shape index (κ3) is 4.44. The van der Waals surface area contributed by atoms with Gasteiger partial charge in [-0.25, -0.2) is 0 Å². The Labute approximate surface area is 151 Å². The summed E-state index contributed by atoms with van der Waals surface area (Å²) < 4.78 is 5.04. The maximum absolute atomic E-state index is 11.7. The van der Waals surface area contributed by atoms with Crippen LogP contribution in [0.4, 0.5) is 0 Å². The largest absolute Gasteiger partial charge is 0.459 e. The maximum Gasteiger partial charge on any atom is 0.287 e. The minimum Gasteiger partial charge on any atom is -0.459 e. The summed E-state index contributed by atoms with van der Waals surface area (Å²) in [6, 6.07) is 11.6. The van der Waals surface area contributed by atoms with Gasteiger partial charge >= 0.3 is 0 Å². The molecule has 0 atom stereocenters. The van der Waals surface area contributed by atoms with Crippen LogP contribution in [0.3, 0.4) is 0 Å². The minimum absolute atomic E-state index is 0.223. The quantitative estimate of drug-likeness (QED) is 0.296. The lowest BCUT2D eigenvalue weighted by Crippen LogP contribution is -2.42. The van der Waals surface area contributed by atoms with Crippen molar-refractivity contribution >= 4 is 22.8 Å². The summed E-state index contributed by atoms with van der Waals surface area (Å²) in [5.74, 6) is 0.794. The van der Waals surface area contributed by atoms with Crippen LogP contribution in [0.2, 0.25) is 0 Å². The van der Waals surface area contributed by atoms with Gasteiger partial charge in [-0.05, 0) is 30.2 Å². The van der Waals surface area contributed by atoms with E-state index in [1.165, 1.54) is 17.2 Å². The molecule has 7 heteroatoms. The number of H-pyrrole nitrogens is 1. The van der Waals surface area contributed by atoms with Gasteiger partial charge in [0.25, 0.3) is 5.91 Å². The van der Waals surface area contributed by atoms with Crippen LogP contribution in [0.25, 0.3) is 10.9 Å². The standard InChI is InChI=1S/C19H23N5O2/c1-20-19(23-11-10-21-18(25)17-7-4-12-26-17)22-9-8-14-13-24-16-6-3-2-5-15(14)16/h2-7,12-13,24H,8-11H2,1H3,(H,21,25)(H2,20,22,23). The summed E-state index contributed by atoms with van der Waals surface area (Å²) in [5, 5.41) is 10.5. The Morgan fingerprint density at radius 3 is 2.69 bits per heavy atom. The van der Waals surface area contributed by atoms with Crippen molar-refractivity contribution in [3.8, 4) is 0 Å². The van der Waals surface area contributed by atoms with Crippen LogP contribution in [0.5, 0.6) is 0 Å². The van der Waals surface area contributed by atoms with Crippen molar-refractivity contribution in [3.05, 3.63) is 60.2 Å². The highest BCUT2D eigenvalue weighted by atomic mass is 16.3. The lowest BCUT2D eigenvalue weighted by Gasteiger charge is -2.12. The zero-order valence-electron chi connectivity index (χ0n) is 14.7. The predicted molar refractivity (Wildman–Crippen MR) is 102 cm³/mol. The van der Waals surface area contributed by atoms with Crippen LogP contribution in [-0.2, 0) is 6.42 Å². The highest BCUT2D eigenvalue weighted by molar-refractivity contribution is 5.91. The molecule has 3 aromatic rings. The number of fused-ring (bicyclic) bond motifs is 1. The number of aliphatic imine (C=N–C) groups is 1. The van der Waals surface area contributed by atoms with Gasteiger partial charge in [-0.2, -0.15) is 0 Å². The van der Waals surface area contributed by atoms with Gasteiger partial charge in [-0.15, -0.1) is 0 Å². The molecule has 0 fully saturated rings. The van der Waals surface area contributed by atoms with Crippen LogP contribution in [0.15, 0.2) is 58.3 Å². The first kappa shape index (κ1) is 17.6. The molecule has 136 valence electrons. The molecule has 0 aliphatic carbocycles. The number of nitrogens with one attached hydrogen (secondary N) is 4. The van der Waals surface area contributed by atoms with Crippen molar-refractivity contribution in [3.63, 3.8) is 0 Å². The molecule has 0 aliphatic rings. The van der Waals surface area contributed by atoms with Gasteiger partial charge in [0.05, 0.1) is 6.26 Å². The SMILES string of the molecule is CN=C(NCCNC(=O)c1ccco1)NCCc1c[nH]c2ccccc12. The Morgan fingerprint density at radius 2 is 1.88 bits per heavy atom. The Bertz CT molecular complexity index is 867. The molecule has 1 amide bonds. The van der Waals surface area contributed by atoms with Crippen LogP contribution < -0.4 is 16.0 Å². The second-order valence-corrected chi connectivity index (χ2v) is 5.77. The van der Waals surface area contributed by atoms with Gasteiger partial charge < -0.3 is 25.4 Å². The van der Waals surface area contributed by atoms with E-state index in [2.05, 4.69) is 38.1 Å². The molecule has 7 nitrogen and oxygen atoms in total. The van der Waals surface area contributed by atoms with Crippen molar-refractivity contribution in [2.75, 3.05) is 26.7 Å². The van der Waals surface area contributed by atoms with Gasteiger partial charge in [-0.3, -0.25) is 9.79 Å². The first-order valence-electron chi connectivity index (χ1n) is 8.59. The van der Waals surface area contributed by atoms with Crippen molar-refractivity contribution in [2.45, 2.75) is 6.42 Å². The first-order chi connectivity index (χ1) is 12.8. The van der Waals surface area contributed by atoms with Gasteiger partial charge in [0.15, 0.2) is 11.7 Å². The van der Waals surface area contributed by atoms with Crippen molar-refractivity contribution in [1.82, 2.24) is 20.9 Å². The molecule has 0 spiro atoms. The second-order valence-electron chi connectivity index (χ2n) is 5.77. The van der Waals surface area contributed by atoms with Crippen molar-refractivity contribution < 1.29 is 9.21 Å². The van der Waals surface area contributed by atoms with E-state index in [9.17, 15) is 4.79 Å². The maximum atomic E-state index is 11.7. The Morgan fingerprint density at radius 1 is 1.08 bits per heavy atom. The molecule has 2 aromatic heterocycles. The van der Waals surface area contributed by atoms with Gasteiger partial charge in [0.2, 0.25) is 0 Å².